The molecule has 0 bridgehead atoms. The van der Waals surface area contributed by atoms with Gasteiger partial charge in [0.2, 0.25) is 5.91 Å². The molecule has 0 aliphatic carbocycles. The quantitative estimate of drug-likeness (QED) is 0.590. The number of rotatable bonds is 5. The van der Waals surface area contributed by atoms with Crippen LogP contribution >= 0.6 is 0 Å². The molecule has 164 valence electrons. The number of aryl methyl sites for hydroxylation is 2. The zero-order chi connectivity index (χ0) is 23.1. The average Bonchev–Trinajstić information content (AvgIpc) is 3.08. The van der Waals surface area contributed by atoms with Gasteiger partial charge in [0, 0.05) is 23.9 Å². The normalized spacial score (nSPS) is 11.7. The summed E-state index contributed by atoms with van der Waals surface area (Å²) in [5.41, 5.74) is 5.09. The summed E-state index contributed by atoms with van der Waals surface area (Å²) in [7, 11) is 0. The maximum atomic E-state index is 13.9. The number of fused-ring (bicyclic) bond motifs is 1. The number of nitrogens with zero attached hydrogens (tertiary/aromatic N) is 4. The first-order chi connectivity index (χ1) is 14.4. The van der Waals surface area contributed by atoms with Crippen LogP contribution in [-0.4, -0.2) is 31.4 Å². The standard InChI is InChI=1S/C18H15F5N6O2/c1-7-9(8(2)29-17(25-7)27-16(28-29)18(21,22)23)3-4-14(30)26-13-5-10(15(24)31)11(19)6-12(13)20/h5-6H,3-4H2,1-2H3,(H2,24,31)(H,26,30). The van der Waals surface area contributed by atoms with Crippen LogP contribution in [0.5, 0.6) is 0 Å². The first kappa shape index (κ1) is 22.1. The highest BCUT2D eigenvalue weighted by Crippen LogP contribution is 2.27. The second kappa shape index (κ2) is 7.89. The lowest BCUT2D eigenvalue weighted by Gasteiger charge is -2.11. The smallest absolute Gasteiger partial charge is 0.366 e. The van der Waals surface area contributed by atoms with Crippen LogP contribution in [0, 0.1) is 25.5 Å². The van der Waals surface area contributed by atoms with Crippen molar-refractivity contribution in [2.45, 2.75) is 32.9 Å². The summed E-state index contributed by atoms with van der Waals surface area (Å²) < 4.78 is 66.9. The lowest BCUT2D eigenvalue weighted by atomic mass is 10.1. The van der Waals surface area contributed by atoms with Crippen LogP contribution in [0.15, 0.2) is 12.1 Å². The van der Waals surface area contributed by atoms with Gasteiger partial charge >= 0.3 is 6.18 Å². The fraction of sp³-hybridized carbons (Fsp3) is 0.278. The van der Waals surface area contributed by atoms with E-state index >= 15 is 0 Å². The molecule has 0 fully saturated rings. The number of aromatic nitrogens is 4. The zero-order valence-electron chi connectivity index (χ0n) is 16.1. The Kier molecular flexibility index (Phi) is 5.61. The molecular weight excluding hydrogens is 427 g/mol. The fourth-order valence-corrected chi connectivity index (χ4v) is 2.98. The highest BCUT2D eigenvalue weighted by molar-refractivity contribution is 5.96. The molecule has 0 saturated carbocycles. The monoisotopic (exact) mass is 442 g/mol. The average molecular weight is 442 g/mol. The maximum absolute atomic E-state index is 13.9. The number of nitrogens with two attached hydrogens (primary N) is 1. The van der Waals surface area contributed by atoms with Gasteiger partial charge in [0.25, 0.3) is 17.5 Å². The van der Waals surface area contributed by atoms with Crippen molar-refractivity contribution >= 4 is 23.3 Å². The Bertz CT molecular complexity index is 1200. The SMILES string of the molecule is Cc1nc2nc(C(F)(F)F)nn2c(C)c1CCC(=O)Nc1cc(C(N)=O)c(F)cc1F. The molecule has 3 N–H and O–H groups in total. The van der Waals surface area contributed by atoms with E-state index in [0.717, 1.165) is 10.6 Å². The minimum Gasteiger partial charge on any atom is -0.366 e. The van der Waals surface area contributed by atoms with Crippen LogP contribution in [0.25, 0.3) is 5.78 Å². The molecule has 3 aromatic rings. The van der Waals surface area contributed by atoms with Gasteiger partial charge in [0.1, 0.15) is 11.6 Å². The number of carbonyl (C=O) groups excluding carboxylic acids is 2. The van der Waals surface area contributed by atoms with Crippen molar-refractivity contribution in [3.63, 3.8) is 0 Å². The Balaban J connectivity index is 1.80. The zero-order valence-corrected chi connectivity index (χ0v) is 16.1. The molecular formula is C18H15F5N6O2. The molecule has 2 amide bonds. The number of primary amides is 1. The van der Waals surface area contributed by atoms with Crippen molar-refractivity contribution in [1.29, 1.82) is 0 Å². The van der Waals surface area contributed by atoms with Crippen molar-refractivity contribution in [2.75, 3.05) is 5.32 Å². The highest BCUT2D eigenvalue weighted by atomic mass is 19.4. The van der Waals surface area contributed by atoms with Crippen molar-refractivity contribution in [2.24, 2.45) is 5.73 Å². The lowest BCUT2D eigenvalue weighted by Crippen LogP contribution is -2.18. The first-order valence-corrected chi connectivity index (χ1v) is 8.77. The molecule has 3 rings (SSSR count). The second-order valence-electron chi connectivity index (χ2n) is 6.63. The van der Waals surface area contributed by atoms with E-state index in [1.807, 2.05) is 0 Å². The molecule has 13 heteroatoms. The minimum atomic E-state index is -4.74. The Morgan fingerprint density at radius 1 is 1.13 bits per heavy atom. The van der Waals surface area contributed by atoms with Gasteiger partial charge in [-0.15, -0.1) is 5.10 Å². The van der Waals surface area contributed by atoms with Crippen LogP contribution in [0.4, 0.5) is 27.6 Å². The predicted octanol–water partition coefficient (Wildman–Crippen LogP) is 2.71. The van der Waals surface area contributed by atoms with E-state index in [1.165, 1.54) is 6.92 Å². The summed E-state index contributed by atoms with van der Waals surface area (Å²) in [4.78, 5) is 30.8. The summed E-state index contributed by atoms with van der Waals surface area (Å²) in [6.45, 7) is 3.05. The number of alkyl halides is 3. The van der Waals surface area contributed by atoms with Crippen LogP contribution in [-0.2, 0) is 17.4 Å². The van der Waals surface area contributed by atoms with Gasteiger partial charge in [0.05, 0.1) is 11.3 Å². The van der Waals surface area contributed by atoms with Crippen molar-refractivity contribution in [3.05, 3.63) is 52.1 Å². The maximum Gasteiger partial charge on any atom is 0.453 e. The van der Waals surface area contributed by atoms with E-state index in [2.05, 4.69) is 20.4 Å². The molecule has 8 nitrogen and oxygen atoms in total. The van der Waals surface area contributed by atoms with E-state index < -0.39 is 46.7 Å². The number of hydrogen-bond acceptors (Lipinski definition) is 5. The predicted molar refractivity (Wildman–Crippen MR) is 97.1 cm³/mol. The molecule has 2 heterocycles. The Labute approximate surface area is 171 Å². The molecule has 0 spiro atoms. The summed E-state index contributed by atoms with van der Waals surface area (Å²) in [6, 6.07) is 1.20. The molecule has 0 aliphatic rings. The van der Waals surface area contributed by atoms with E-state index in [9.17, 15) is 31.5 Å². The van der Waals surface area contributed by atoms with Gasteiger partial charge in [-0.25, -0.2) is 18.3 Å². The molecule has 0 saturated heterocycles. The third-order valence-electron chi connectivity index (χ3n) is 4.50. The Morgan fingerprint density at radius 2 is 1.81 bits per heavy atom. The van der Waals surface area contributed by atoms with Crippen molar-refractivity contribution in [1.82, 2.24) is 19.6 Å². The van der Waals surface area contributed by atoms with E-state index in [1.54, 1.807) is 6.92 Å². The number of hydrogen-bond donors (Lipinski definition) is 2. The van der Waals surface area contributed by atoms with Gasteiger partial charge in [0.15, 0.2) is 0 Å². The molecule has 0 aliphatic heterocycles. The van der Waals surface area contributed by atoms with Crippen LogP contribution < -0.4 is 11.1 Å². The number of anilines is 1. The molecule has 0 radical (unpaired) electrons. The number of nitrogens with one attached hydrogen (secondary N) is 1. The van der Waals surface area contributed by atoms with Crippen LogP contribution in [0.1, 0.15) is 39.6 Å². The number of amides is 2. The van der Waals surface area contributed by atoms with E-state index in [4.69, 9.17) is 5.73 Å². The van der Waals surface area contributed by atoms with Gasteiger partial charge in [-0.3, -0.25) is 9.59 Å². The minimum absolute atomic E-state index is 0.0408. The molecule has 31 heavy (non-hydrogen) atoms. The van der Waals surface area contributed by atoms with Crippen molar-refractivity contribution in [3.8, 4) is 0 Å². The number of halogens is 5. The van der Waals surface area contributed by atoms with Crippen LogP contribution in [0.2, 0.25) is 0 Å². The number of benzene rings is 1. The summed E-state index contributed by atoms with van der Waals surface area (Å²) in [6.07, 6.45) is -4.91. The molecule has 0 atom stereocenters. The van der Waals surface area contributed by atoms with Crippen LogP contribution in [0.3, 0.4) is 0 Å². The summed E-state index contributed by atoms with van der Waals surface area (Å²) in [5, 5.41) is 5.63. The third kappa shape index (κ3) is 4.44. The number of carbonyl (C=O) groups is 2. The second-order valence-corrected chi connectivity index (χ2v) is 6.63. The Hall–Kier alpha value is -3.64. The van der Waals surface area contributed by atoms with Gasteiger partial charge in [-0.05, 0) is 31.9 Å². The first-order valence-electron chi connectivity index (χ1n) is 8.77. The highest BCUT2D eigenvalue weighted by Gasteiger charge is 2.37. The fourth-order valence-electron chi connectivity index (χ4n) is 2.98. The van der Waals surface area contributed by atoms with Gasteiger partial charge in [-0.1, -0.05) is 0 Å². The van der Waals surface area contributed by atoms with Gasteiger partial charge < -0.3 is 11.1 Å². The lowest BCUT2D eigenvalue weighted by molar-refractivity contribution is -0.144. The third-order valence-corrected chi connectivity index (χ3v) is 4.50. The Morgan fingerprint density at radius 3 is 2.42 bits per heavy atom. The molecule has 1 aromatic carbocycles. The largest absolute Gasteiger partial charge is 0.453 e. The van der Waals surface area contributed by atoms with Crippen molar-refractivity contribution < 1.29 is 31.5 Å². The van der Waals surface area contributed by atoms with E-state index in [-0.39, 0.29) is 18.6 Å². The summed E-state index contributed by atoms with van der Waals surface area (Å²) in [5.74, 6) is -5.66. The topological polar surface area (TPSA) is 115 Å². The molecule has 0 unspecified atom stereocenters. The summed E-state index contributed by atoms with van der Waals surface area (Å²) >= 11 is 0. The van der Waals surface area contributed by atoms with E-state index in [0.29, 0.717) is 23.0 Å². The molecule has 2 aromatic heterocycles. The van der Waals surface area contributed by atoms with Gasteiger partial charge in [-0.2, -0.15) is 18.2 Å².